The van der Waals surface area contributed by atoms with Crippen LogP contribution in [0.5, 0.6) is 34.5 Å². The molecule has 14 bridgehead atoms. The lowest BCUT2D eigenvalue weighted by atomic mass is 10.1. The number of aromatic nitrogens is 6. The molecule has 0 radical (unpaired) electrons. The normalized spacial score (nSPS) is 13.5. The van der Waals surface area contributed by atoms with Gasteiger partial charge in [-0.25, -0.2) is 24.9 Å². The summed E-state index contributed by atoms with van der Waals surface area (Å²) < 4.78 is 38.2. The highest BCUT2D eigenvalue weighted by Gasteiger charge is 2.27. The molecule has 5 amide bonds. The van der Waals surface area contributed by atoms with E-state index < -0.39 is 34.5 Å². The second-order valence-corrected chi connectivity index (χ2v) is 27.1. The third-order valence-electron chi connectivity index (χ3n) is 16.9. The van der Waals surface area contributed by atoms with Crippen molar-refractivity contribution in [3.8, 4) is 34.5 Å². The van der Waals surface area contributed by atoms with Gasteiger partial charge in [0.25, 0.3) is 35.2 Å². The van der Waals surface area contributed by atoms with E-state index in [4.69, 9.17) is 48.4 Å². The number of amides is 5. The van der Waals surface area contributed by atoms with Gasteiger partial charge in [0.05, 0.1) is 101 Å². The second kappa shape index (κ2) is 31.3. The summed E-state index contributed by atoms with van der Waals surface area (Å²) in [5.74, 6) is -1.29. The highest BCUT2D eigenvalue weighted by Crippen LogP contribution is 2.39. The zero-order valence-electron chi connectivity index (χ0n) is 59.5. The fourth-order valence-corrected chi connectivity index (χ4v) is 11.8. The maximum absolute atomic E-state index is 15.1. The SMILES string of the molecule is CC(C)COc1cc2nc3c(cccc13)NC(=O)c1cc(OCC(C)C)c3cccc(c3n1)NC(=O)c1cc(OCC(C)C)c3cccc(c3n1)NC(=O)c1cc(OCC(C)C)c3cccc(c3n1)NC(=O)c1cc(c3cccc([N+](=O)[O-])c3n1)OCCC=CCCOc1ccnc3c(cccc13)NC2=O. The summed E-state index contributed by atoms with van der Waals surface area (Å²) in [6.07, 6.45) is 6.30. The zero-order valence-corrected chi connectivity index (χ0v) is 59.5. The summed E-state index contributed by atoms with van der Waals surface area (Å²) in [5, 5.41) is 30.2. The topological polar surface area (TPSA) is 321 Å². The molecule has 25 nitrogen and oxygen atoms in total. The number of nitrogens with one attached hydrogen (secondary N) is 5. The maximum Gasteiger partial charge on any atom is 0.295 e. The van der Waals surface area contributed by atoms with Crippen molar-refractivity contribution < 1.29 is 57.3 Å². The average molecular weight is 1430 g/mol. The number of pyridine rings is 6. The molecule has 0 aliphatic carbocycles. The molecule has 6 aromatic carbocycles. The molecule has 25 heteroatoms. The molecule has 0 fully saturated rings. The second-order valence-electron chi connectivity index (χ2n) is 27.1. The Bertz CT molecular complexity index is 5510. The van der Waals surface area contributed by atoms with Crippen LogP contribution in [0.25, 0.3) is 65.4 Å². The Morgan fingerprint density at radius 2 is 0.670 bits per heavy atom. The molecule has 6 aromatic heterocycles. The molecule has 106 heavy (non-hydrogen) atoms. The van der Waals surface area contributed by atoms with Crippen molar-refractivity contribution in [3.63, 3.8) is 0 Å². The van der Waals surface area contributed by atoms with Gasteiger partial charge in [0.15, 0.2) is 5.52 Å². The summed E-state index contributed by atoms with van der Waals surface area (Å²) in [7, 11) is 0. The number of anilines is 5. The Morgan fingerprint density at radius 1 is 0.377 bits per heavy atom. The Hall–Kier alpha value is -12.9. The van der Waals surface area contributed by atoms with Gasteiger partial charge >= 0.3 is 0 Å². The van der Waals surface area contributed by atoms with Crippen LogP contribution in [0.1, 0.15) is 121 Å². The minimum Gasteiger partial charge on any atom is -0.493 e. The molecular weight excluding hydrogens is 1350 g/mol. The number of rotatable bonds is 13. The number of fused-ring (bicyclic) bond motifs is 8. The Balaban J connectivity index is 0.918. The fraction of sp³-hybridized carbons (Fsp3) is 0.247. The number of hydrogen-bond donors (Lipinski definition) is 5. The van der Waals surface area contributed by atoms with Crippen LogP contribution in [0.2, 0.25) is 0 Å². The van der Waals surface area contributed by atoms with Gasteiger partial charge in [-0.3, -0.25) is 39.1 Å². The number of para-hydroxylation sites is 6. The molecule has 0 saturated heterocycles. The van der Waals surface area contributed by atoms with Gasteiger partial charge in [0.1, 0.15) is 63.0 Å². The Labute approximate surface area is 608 Å². The first-order chi connectivity index (χ1) is 51.2. The number of non-ortho nitro benzene ring substituents is 1. The monoisotopic (exact) mass is 1420 g/mol. The predicted molar refractivity (Wildman–Crippen MR) is 408 cm³/mol. The fourth-order valence-electron chi connectivity index (χ4n) is 11.8. The van der Waals surface area contributed by atoms with Crippen LogP contribution in [-0.4, -0.2) is 104 Å². The minimum atomic E-state index is -0.768. The molecule has 5 N–H and O–H groups in total. The van der Waals surface area contributed by atoms with E-state index in [9.17, 15) is 29.3 Å². The molecule has 1 aliphatic heterocycles. The number of nitrogens with zero attached hydrogens (tertiary/aromatic N) is 7. The van der Waals surface area contributed by atoms with Crippen LogP contribution >= 0.6 is 0 Å². The van der Waals surface area contributed by atoms with Gasteiger partial charge in [-0.1, -0.05) is 104 Å². The first kappa shape index (κ1) is 71.5. The van der Waals surface area contributed by atoms with Crippen LogP contribution in [0.15, 0.2) is 164 Å². The molecule has 7 heterocycles. The maximum atomic E-state index is 15.1. The Kier molecular flexibility index (Phi) is 21.1. The van der Waals surface area contributed by atoms with Crippen molar-refractivity contribution in [1.82, 2.24) is 29.9 Å². The summed E-state index contributed by atoms with van der Waals surface area (Å²) in [6.45, 7) is 17.3. The summed E-state index contributed by atoms with van der Waals surface area (Å²) in [6, 6.07) is 39.5. The van der Waals surface area contributed by atoms with Crippen LogP contribution in [0.3, 0.4) is 0 Å². The van der Waals surface area contributed by atoms with Crippen LogP contribution in [0.4, 0.5) is 34.1 Å². The van der Waals surface area contributed by atoms with Crippen LogP contribution in [-0.2, 0) is 0 Å². The summed E-state index contributed by atoms with van der Waals surface area (Å²) in [4.78, 5) is 115. The van der Waals surface area contributed by atoms with E-state index in [1.165, 1.54) is 36.4 Å². The largest absolute Gasteiger partial charge is 0.493 e. The summed E-state index contributed by atoms with van der Waals surface area (Å²) in [5.41, 5.74) is 1.37. The lowest BCUT2D eigenvalue weighted by molar-refractivity contribution is -0.383. The molecule has 0 spiro atoms. The van der Waals surface area contributed by atoms with Crippen LogP contribution in [0, 0.1) is 33.8 Å². The number of hydrogen-bond acceptors (Lipinski definition) is 19. The van der Waals surface area contributed by atoms with Crippen molar-refractivity contribution in [2.45, 2.75) is 68.2 Å². The van der Waals surface area contributed by atoms with E-state index in [2.05, 4.69) is 36.6 Å². The van der Waals surface area contributed by atoms with Crippen LogP contribution < -0.4 is 55.0 Å². The molecule has 538 valence electrons. The van der Waals surface area contributed by atoms with Crippen molar-refractivity contribution in [2.75, 3.05) is 66.2 Å². The van der Waals surface area contributed by atoms with Crippen molar-refractivity contribution in [1.29, 1.82) is 0 Å². The number of carbonyl (C=O) groups excluding carboxylic acids is 5. The zero-order chi connectivity index (χ0) is 74.3. The van der Waals surface area contributed by atoms with Gasteiger partial charge in [-0.2, -0.15) is 0 Å². The van der Waals surface area contributed by atoms with Gasteiger partial charge in [-0.05, 0) is 109 Å². The average Bonchev–Trinajstić information content (AvgIpc) is 0.782. The minimum absolute atomic E-state index is 0.0262. The van der Waals surface area contributed by atoms with Gasteiger partial charge in [-0.15, -0.1) is 0 Å². The number of nitro benzene ring substituents is 1. The lowest BCUT2D eigenvalue weighted by Crippen LogP contribution is -2.18. The molecular formula is C81H76N12O13. The van der Waals surface area contributed by atoms with Crippen molar-refractivity contribution in [2.24, 2.45) is 23.7 Å². The number of benzene rings is 6. The van der Waals surface area contributed by atoms with Crippen molar-refractivity contribution >= 4 is 129 Å². The first-order valence-electron chi connectivity index (χ1n) is 34.9. The highest BCUT2D eigenvalue weighted by molar-refractivity contribution is 6.16. The molecule has 0 unspecified atom stereocenters. The van der Waals surface area contributed by atoms with Gasteiger partial charge in [0, 0.05) is 74.9 Å². The van der Waals surface area contributed by atoms with E-state index in [1.54, 1.807) is 109 Å². The first-order valence-corrected chi connectivity index (χ1v) is 34.9. The van der Waals surface area contributed by atoms with Crippen molar-refractivity contribution in [3.05, 3.63) is 203 Å². The number of nitro groups is 1. The van der Waals surface area contributed by atoms with E-state index in [-0.39, 0.29) is 158 Å². The molecule has 13 rings (SSSR count). The molecule has 1 aliphatic rings. The van der Waals surface area contributed by atoms with E-state index in [1.807, 2.05) is 73.6 Å². The lowest BCUT2D eigenvalue weighted by Gasteiger charge is -2.17. The summed E-state index contributed by atoms with van der Waals surface area (Å²) >= 11 is 0. The predicted octanol–water partition coefficient (Wildman–Crippen LogP) is 16.4. The van der Waals surface area contributed by atoms with Gasteiger partial charge in [0.2, 0.25) is 0 Å². The third kappa shape index (κ3) is 15.8. The Morgan fingerprint density at radius 3 is 1.01 bits per heavy atom. The number of carbonyl (C=O) groups is 5. The molecule has 0 atom stereocenters. The quantitative estimate of drug-likeness (QED) is 0.0407. The van der Waals surface area contributed by atoms with E-state index in [0.717, 1.165) is 0 Å². The standard InChI is InChI=1S/C81H76N12O13/c1-44(2)40-103-67-36-59-77(94)88-54-25-13-19-48-65(31-32-82-71(48)54)101-33-11-9-10-12-34-102-66-35-63(87-76-53(66)24-18-30-64(76)93(99)100)81(98)92-58-29-17-23-52-70(106-43-47(7)8)39-62(86-75(52)58)80(97)91-57-28-16-22-51-69(105-42-46(5)6)38-61(85-74(51)57)79(96)90-56-27-15-21-50-68(104-41-45(3)4)37-60(84-73(50)56)78(95)89-55-26-14-20-49(67)72(55)83-59/h9-10,13-32,35-39,44-47H,11-12,33-34,40-43H2,1-8H3,(H,88,94)(H,89,95)(H,90,96)(H,91,97)(H,92,98). The van der Waals surface area contributed by atoms with E-state index >= 15 is 4.79 Å². The molecule has 0 saturated carbocycles. The smallest absolute Gasteiger partial charge is 0.295 e. The third-order valence-corrected chi connectivity index (χ3v) is 16.9. The number of ether oxygens (including phenoxy) is 6. The van der Waals surface area contributed by atoms with Gasteiger partial charge < -0.3 is 55.0 Å². The molecule has 12 aromatic rings. The van der Waals surface area contributed by atoms with E-state index in [0.29, 0.717) is 80.2 Å². The highest BCUT2D eigenvalue weighted by atomic mass is 16.6.